The van der Waals surface area contributed by atoms with Crippen LogP contribution in [0.4, 0.5) is 11.4 Å². The average molecular weight is 430 g/mol. The summed E-state index contributed by atoms with van der Waals surface area (Å²) in [6, 6.07) is 4.25. The Hall–Kier alpha value is -3.97. The minimum Gasteiger partial charge on any atom is -0.502 e. The number of nitrogens with zero attached hydrogens (tertiary/aromatic N) is 5. The molecule has 13 heteroatoms. The molecule has 2 N–H and O–H groups in total. The molecule has 3 rings (SSSR count). The van der Waals surface area contributed by atoms with E-state index < -0.39 is 38.9 Å². The number of benzene rings is 1. The van der Waals surface area contributed by atoms with Crippen LogP contribution in [0.2, 0.25) is 0 Å². The van der Waals surface area contributed by atoms with Crippen molar-refractivity contribution in [2.24, 2.45) is 5.10 Å². The van der Waals surface area contributed by atoms with Crippen LogP contribution in [-0.2, 0) is 9.53 Å². The second-order valence-electron chi connectivity index (χ2n) is 6.48. The Kier molecular flexibility index (Phi) is 6.79. The minimum absolute atomic E-state index is 0.284. The Morgan fingerprint density at radius 3 is 2.52 bits per heavy atom. The van der Waals surface area contributed by atoms with E-state index in [-0.39, 0.29) is 5.56 Å². The van der Waals surface area contributed by atoms with Gasteiger partial charge in [0.2, 0.25) is 5.75 Å². The lowest BCUT2D eigenvalue weighted by Crippen LogP contribution is -2.44. The van der Waals surface area contributed by atoms with Gasteiger partial charge >= 0.3 is 5.69 Å². The Morgan fingerprint density at radius 2 is 1.90 bits per heavy atom. The van der Waals surface area contributed by atoms with E-state index >= 15 is 0 Å². The van der Waals surface area contributed by atoms with Gasteiger partial charge in [0.1, 0.15) is 6.04 Å². The summed E-state index contributed by atoms with van der Waals surface area (Å²) in [4.78, 5) is 39.0. The lowest BCUT2D eigenvalue weighted by molar-refractivity contribution is -0.394. The van der Waals surface area contributed by atoms with Crippen LogP contribution < -0.4 is 5.43 Å². The van der Waals surface area contributed by atoms with Crippen molar-refractivity contribution in [3.8, 4) is 5.75 Å². The molecule has 1 aliphatic heterocycles. The molecule has 162 valence electrons. The number of hydrogen-bond acceptors (Lipinski definition) is 10. The first-order chi connectivity index (χ1) is 14.9. The monoisotopic (exact) mass is 430 g/mol. The Labute approximate surface area is 175 Å². The molecule has 2 heterocycles. The van der Waals surface area contributed by atoms with Crippen LogP contribution in [0.5, 0.6) is 5.75 Å². The van der Waals surface area contributed by atoms with Gasteiger partial charge in [-0.15, -0.1) is 0 Å². The van der Waals surface area contributed by atoms with E-state index in [9.17, 15) is 30.1 Å². The zero-order chi connectivity index (χ0) is 22.4. The van der Waals surface area contributed by atoms with Crippen LogP contribution >= 0.6 is 0 Å². The van der Waals surface area contributed by atoms with Crippen molar-refractivity contribution in [1.82, 2.24) is 15.3 Å². The van der Waals surface area contributed by atoms with E-state index in [0.717, 1.165) is 12.3 Å². The number of carbonyl (C=O) groups is 1. The van der Waals surface area contributed by atoms with Gasteiger partial charge in [-0.2, -0.15) is 5.10 Å². The van der Waals surface area contributed by atoms with Gasteiger partial charge in [-0.05, 0) is 17.7 Å². The number of carbonyl (C=O) groups excluding carboxylic acids is 1. The fourth-order valence-corrected chi connectivity index (χ4v) is 3.10. The fourth-order valence-electron chi connectivity index (χ4n) is 3.10. The number of amides is 1. The molecule has 0 radical (unpaired) electrons. The molecule has 1 saturated heterocycles. The summed E-state index contributed by atoms with van der Waals surface area (Å²) < 4.78 is 5.33. The van der Waals surface area contributed by atoms with E-state index in [1.54, 1.807) is 24.5 Å². The largest absolute Gasteiger partial charge is 0.502 e. The summed E-state index contributed by atoms with van der Waals surface area (Å²) in [5, 5.41) is 35.8. The SMILES string of the molecule is O=C(N/N=C\c1cc([N+](=O)[O-])cc([N+](=O)[O-])c1O)[C@@H](c1ccncc1)N1CCOCC1. The van der Waals surface area contributed by atoms with Crippen LogP contribution in [0.1, 0.15) is 17.2 Å². The smallest absolute Gasteiger partial charge is 0.318 e. The van der Waals surface area contributed by atoms with Gasteiger partial charge in [0.05, 0.1) is 40.9 Å². The van der Waals surface area contributed by atoms with E-state index in [1.807, 2.05) is 4.90 Å². The number of rotatable bonds is 7. The average Bonchev–Trinajstić information content (AvgIpc) is 2.76. The number of phenolic OH excluding ortho intramolecular Hbond substituents is 1. The van der Waals surface area contributed by atoms with Gasteiger partial charge in [-0.1, -0.05) is 0 Å². The molecule has 0 bridgehead atoms. The Bertz CT molecular complexity index is 1010. The third kappa shape index (κ3) is 5.15. The number of aromatic hydroxyl groups is 1. The third-order valence-corrected chi connectivity index (χ3v) is 4.57. The number of non-ortho nitro benzene ring substituents is 1. The molecule has 0 spiro atoms. The third-order valence-electron chi connectivity index (χ3n) is 4.57. The molecule has 2 aromatic rings. The van der Waals surface area contributed by atoms with E-state index in [4.69, 9.17) is 4.74 Å². The number of ether oxygens (including phenoxy) is 1. The zero-order valence-corrected chi connectivity index (χ0v) is 16.1. The van der Waals surface area contributed by atoms with Crippen molar-refractivity contribution in [2.45, 2.75) is 6.04 Å². The highest BCUT2D eigenvalue weighted by Crippen LogP contribution is 2.33. The first-order valence-corrected chi connectivity index (χ1v) is 9.09. The van der Waals surface area contributed by atoms with E-state index in [0.29, 0.717) is 37.9 Å². The highest BCUT2D eigenvalue weighted by Gasteiger charge is 2.29. The quantitative estimate of drug-likeness (QED) is 0.371. The molecular formula is C18H18N6O7. The molecule has 0 aliphatic carbocycles. The number of hydrogen-bond donors (Lipinski definition) is 2. The second kappa shape index (κ2) is 9.69. The summed E-state index contributed by atoms with van der Waals surface area (Å²) >= 11 is 0. The second-order valence-corrected chi connectivity index (χ2v) is 6.48. The summed E-state index contributed by atoms with van der Waals surface area (Å²) in [5.74, 6) is -1.30. The molecule has 0 unspecified atom stereocenters. The van der Waals surface area contributed by atoms with E-state index in [1.165, 1.54) is 0 Å². The standard InChI is InChI=1S/C18H18N6O7/c25-17-13(9-14(23(27)28)10-15(17)24(29)30)11-20-21-18(26)16(12-1-3-19-4-2-12)22-5-7-31-8-6-22/h1-4,9-11,16,25H,5-8H2,(H,21,26)/b20-11-/t16-/m1/s1. The molecule has 1 aromatic carbocycles. The number of aromatic nitrogens is 1. The lowest BCUT2D eigenvalue weighted by atomic mass is 10.1. The highest BCUT2D eigenvalue weighted by atomic mass is 16.6. The topological polar surface area (TPSA) is 173 Å². The molecule has 31 heavy (non-hydrogen) atoms. The summed E-state index contributed by atoms with van der Waals surface area (Å²) in [6.45, 7) is 1.96. The molecule has 1 aromatic heterocycles. The number of pyridine rings is 1. The van der Waals surface area contributed by atoms with Crippen molar-refractivity contribution in [3.63, 3.8) is 0 Å². The van der Waals surface area contributed by atoms with Crippen LogP contribution in [-0.4, -0.2) is 63.3 Å². The van der Waals surface area contributed by atoms with E-state index in [2.05, 4.69) is 15.5 Å². The molecule has 1 aliphatic rings. The maximum absolute atomic E-state index is 12.9. The molecular weight excluding hydrogens is 412 g/mol. The predicted molar refractivity (Wildman–Crippen MR) is 107 cm³/mol. The van der Waals surface area contributed by atoms with Crippen LogP contribution in [0.3, 0.4) is 0 Å². The minimum atomic E-state index is -0.948. The van der Waals surface area contributed by atoms with Crippen molar-refractivity contribution in [2.75, 3.05) is 26.3 Å². The van der Waals surface area contributed by atoms with Crippen molar-refractivity contribution in [3.05, 3.63) is 68.0 Å². The number of phenols is 1. The van der Waals surface area contributed by atoms with Crippen molar-refractivity contribution < 1.29 is 24.5 Å². The van der Waals surface area contributed by atoms with Gasteiger partial charge in [0.15, 0.2) is 0 Å². The lowest BCUT2D eigenvalue weighted by Gasteiger charge is -2.33. The fraction of sp³-hybridized carbons (Fsp3) is 0.278. The van der Waals surface area contributed by atoms with Crippen molar-refractivity contribution in [1.29, 1.82) is 0 Å². The van der Waals surface area contributed by atoms with Gasteiger partial charge in [0.25, 0.3) is 11.6 Å². The zero-order valence-electron chi connectivity index (χ0n) is 16.1. The number of morpholine rings is 1. The Balaban J connectivity index is 1.83. The molecule has 0 saturated carbocycles. The number of nitrogens with one attached hydrogen (secondary N) is 1. The number of nitro benzene ring substituents is 2. The molecule has 1 atom stereocenters. The predicted octanol–water partition coefficient (Wildman–Crippen LogP) is 1.13. The van der Waals surface area contributed by atoms with Crippen LogP contribution in [0.15, 0.2) is 41.8 Å². The van der Waals surface area contributed by atoms with Crippen LogP contribution in [0, 0.1) is 20.2 Å². The Morgan fingerprint density at radius 1 is 1.23 bits per heavy atom. The number of hydrazone groups is 1. The van der Waals surface area contributed by atoms with Crippen LogP contribution in [0.25, 0.3) is 0 Å². The number of nitro groups is 2. The molecule has 1 amide bonds. The highest BCUT2D eigenvalue weighted by molar-refractivity contribution is 5.89. The first kappa shape index (κ1) is 21.7. The molecule has 13 nitrogen and oxygen atoms in total. The van der Waals surface area contributed by atoms with Gasteiger partial charge < -0.3 is 9.84 Å². The van der Waals surface area contributed by atoms with Crippen molar-refractivity contribution >= 4 is 23.5 Å². The summed E-state index contributed by atoms with van der Waals surface area (Å²) in [5.41, 5.74) is 1.28. The summed E-state index contributed by atoms with van der Waals surface area (Å²) in [6.07, 6.45) is 4.02. The van der Waals surface area contributed by atoms with Gasteiger partial charge in [-0.25, -0.2) is 5.43 Å². The normalized spacial score (nSPS) is 15.5. The first-order valence-electron chi connectivity index (χ1n) is 9.09. The van der Waals surface area contributed by atoms with Gasteiger partial charge in [-0.3, -0.25) is 34.9 Å². The maximum Gasteiger partial charge on any atom is 0.318 e. The van der Waals surface area contributed by atoms with Gasteiger partial charge in [0, 0.05) is 31.5 Å². The summed E-state index contributed by atoms with van der Waals surface area (Å²) in [7, 11) is 0. The maximum atomic E-state index is 12.9. The molecule has 1 fully saturated rings.